The minimum Gasteiger partial charge on any atom is -0.465 e. The van der Waals surface area contributed by atoms with Gasteiger partial charge >= 0.3 is 5.97 Å². The van der Waals surface area contributed by atoms with Crippen LogP contribution in [0, 0.1) is 0 Å². The van der Waals surface area contributed by atoms with Crippen LogP contribution < -0.4 is 5.84 Å². The van der Waals surface area contributed by atoms with Crippen LogP contribution in [0.3, 0.4) is 0 Å². The third-order valence-electron chi connectivity index (χ3n) is 3.46. The van der Waals surface area contributed by atoms with Crippen molar-refractivity contribution in [2.75, 3.05) is 13.0 Å². The number of halogens is 1. The fourth-order valence-electron chi connectivity index (χ4n) is 2.25. The van der Waals surface area contributed by atoms with Gasteiger partial charge in [0.2, 0.25) is 5.16 Å². The number of carbonyl (C=O) groups is 1. The smallest absolute Gasteiger partial charge is 0.337 e. The number of nitrogens with zero attached hydrogens (tertiary/aromatic N) is 3. The molecule has 0 aliphatic carbocycles. The highest BCUT2D eigenvalue weighted by Gasteiger charge is 2.13. The van der Waals surface area contributed by atoms with Crippen molar-refractivity contribution in [2.24, 2.45) is 0 Å². The molecule has 2 N–H and O–H groups in total. The summed E-state index contributed by atoms with van der Waals surface area (Å²) in [4.78, 5) is 11.6. The number of aromatic nitrogens is 3. The average Bonchev–Trinajstić information content (AvgIpc) is 3.00. The number of esters is 1. The van der Waals surface area contributed by atoms with Gasteiger partial charge in [0, 0.05) is 16.3 Å². The van der Waals surface area contributed by atoms with Gasteiger partial charge in [-0.2, -0.15) is 0 Å². The molecule has 2 aromatic carbocycles. The molecule has 0 radical (unpaired) electrons. The van der Waals surface area contributed by atoms with Gasteiger partial charge in [-0.25, -0.2) is 9.47 Å². The van der Waals surface area contributed by atoms with Crippen LogP contribution in [0.5, 0.6) is 0 Å². The van der Waals surface area contributed by atoms with Gasteiger partial charge < -0.3 is 10.6 Å². The van der Waals surface area contributed by atoms with E-state index in [0.717, 1.165) is 11.1 Å². The van der Waals surface area contributed by atoms with Gasteiger partial charge in [0.05, 0.1) is 12.7 Å². The van der Waals surface area contributed by atoms with E-state index in [1.165, 1.54) is 23.5 Å². The van der Waals surface area contributed by atoms with E-state index in [4.69, 9.17) is 22.2 Å². The summed E-state index contributed by atoms with van der Waals surface area (Å²) in [6.07, 6.45) is 0. The second kappa shape index (κ2) is 7.58. The van der Waals surface area contributed by atoms with Crippen LogP contribution in [0.2, 0.25) is 5.02 Å². The van der Waals surface area contributed by atoms with Crippen LogP contribution in [-0.2, 0) is 10.5 Å². The lowest BCUT2D eigenvalue weighted by atomic mass is 10.1. The first kappa shape index (κ1) is 17.3. The van der Waals surface area contributed by atoms with Crippen LogP contribution in [0.15, 0.2) is 53.7 Å². The van der Waals surface area contributed by atoms with Gasteiger partial charge in [0.1, 0.15) is 0 Å². The number of methoxy groups -OCH3 is 1. The van der Waals surface area contributed by atoms with E-state index >= 15 is 0 Å². The molecule has 3 rings (SSSR count). The maximum absolute atomic E-state index is 11.6. The third kappa shape index (κ3) is 3.94. The summed E-state index contributed by atoms with van der Waals surface area (Å²) in [7, 11) is 1.36. The fourth-order valence-corrected chi connectivity index (χ4v) is 3.24. The number of carbonyl (C=O) groups excluding carboxylic acids is 1. The first-order chi connectivity index (χ1) is 12.1. The van der Waals surface area contributed by atoms with E-state index in [2.05, 4.69) is 10.2 Å². The molecule has 0 aliphatic heterocycles. The quantitative estimate of drug-likeness (QED) is 0.418. The lowest BCUT2D eigenvalue weighted by molar-refractivity contribution is 0.0600. The molecule has 128 valence electrons. The first-order valence-corrected chi connectivity index (χ1v) is 8.71. The molecule has 0 aliphatic rings. The lowest BCUT2D eigenvalue weighted by Crippen LogP contribution is -2.11. The summed E-state index contributed by atoms with van der Waals surface area (Å²) in [6.45, 7) is 0. The Morgan fingerprint density at radius 1 is 1.24 bits per heavy atom. The van der Waals surface area contributed by atoms with E-state index in [1.807, 2.05) is 24.3 Å². The highest BCUT2D eigenvalue weighted by Crippen LogP contribution is 2.26. The van der Waals surface area contributed by atoms with Crippen LogP contribution in [0.25, 0.3) is 11.4 Å². The van der Waals surface area contributed by atoms with Crippen LogP contribution in [-0.4, -0.2) is 28.0 Å². The zero-order chi connectivity index (χ0) is 17.8. The topological polar surface area (TPSA) is 83.0 Å². The summed E-state index contributed by atoms with van der Waals surface area (Å²) in [5, 5.41) is 9.43. The molecule has 0 saturated carbocycles. The second-order valence-electron chi connectivity index (χ2n) is 5.17. The number of hydrogen-bond acceptors (Lipinski definition) is 6. The molecule has 1 heterocycles. The van der Waals surface area contributed by atoms with E-state index < -0.39 is 0 Å². The van der Waals surface area contributed by atoms with Gasteiger partial charge in [0.25, 0.3) is 0 Å². The predicted molar refractivity (Wildman–Crippen MR) is 98.0 cm³/mol. The number of thioether (sulfide) groups is 1. The molecule has 0 spiro atoms. The number of nitrogen functional groups attached to an aromatic ring is 1. The zero-order valence-electron chi connectivity index (χ0n) is 13.3. The highest BCUT2D eigenvalue weighted by atomic mass is 35.5. The van der Waals surface area contributed by atoms with Gasteiger partial charge in [-0.3, -0.25) is 0 Å². The average molecular weight is 375 g/mol. The van der Waals surface area contributed by atoms with Crippen molar-refractivity contribution in [1.82, 2.24) is 14.9 Å². The van der Waals surface area contributed by atoms with Crippen LogP contribution in [0.1, 0.15) is 15.9 Å². The molecule has 6 nitrogen and oxygen atoms in total. The minimum absolute atomic E-state index is 0.364. The number of hydrogen-bond donors (Lipinski definition) is 1. The molecule has 0 saturated heterocycles. The SMILES string of the molecule is COC(=O)c1cccc(CSc2nnc(-c3cccc(Cl)c3)n2N)c1. The Hall–Kier alpha value is -2.51. The highest BCUT2D eigenvalue weighted by molar-refractivity contribution is 7.98. The molecule has 0 unspecified atom stereocenters. The maximum Gasteiger partial charge on any atom is 0.337 e. The van der Waals surface area contributed by atoms with Crippen molar-refractivity contribution in [3.8, 4) is 11.4 Å². The fraction of sp³-hybridized carbons (Fsp3) is 0.118. The van der Waals surface area contributed by atoms with Gasteiger partial charge in [-0.1, -0.05) is 47.6 Å². The van der Waals surface area contributed by atoms with Crippen molar-refractivity contribution in [1.29, 1.82) is 0 Å². The number of benzene rings is 2. The molecule has 0 amide bonds. The first-order valence-electron chi connectivity index (χ1n) is 7.35. The maximum atomic E-state index is 11.6. The van der Waals surface area contributed by atoms with Crippen molar-refractivity contribution >= 4 is 29.3 Å². The summed E-state index contributed by atoms with van der Waals surface area (Å²) in [5.74, 6) is 6.87. The molecule has 1 aromatic heterocycles. The summed E-state index contributed by atoms with van der Waals surface area (Å²) < 4.78 is 6.16. The van der Waals surface area contributed by atoms with Gasteiger partial charge in [0.15, 0.2) is 5.82 Å². The van der Waals surface area contributed by atoms with Gasteiger partial charge in [-0.05, 0) is 29.8 Å². The normalized spacial score (nSPS) is 10.6. The van der Waals surface area contributed by atoms with E-state index in [9.17, 15) is 4.79 Å². The molecule has 0 atom stereocenters. The van der Waals surface area contributed by atoms with Gasteiger partial charge in [-0.15, -0.1) is 10.2 Å². The molecular formula is C17H15ClN4O2S. The molecule has 0 fully saturated rings. The summed E-state index contributed by atoms with van der Waals surface area (Å²) in [5.41, 5.74) is 2.26. The Morgan fingerprint density at radius 2 is 2.04 bits per heavy atom. The second-order valence-corrected chi connectivity index (χ2v) is 6.55. The number of rotatable bonds is 5. The minimum atomic E-state index is -0.364. The zero-order valence-corrected chi connectivity index (χ0v) is 14.9. The van der Waals surface area contributed by atoms with E-state index in [-0.39, 0.29) is 5.97 Å². The lowest BCUT2D eigenvalue weighted by Gasteiger charge is -2.05. The molecule has 25 heavy (non-hydrogen) atoms. The van der Waals surface area contributed by atoms with Crippen molar-refractivity contribution in [3.63, 3.8) is 0 Å². The van der Waals surface area contributed by atoms with Crippen molar-refractivity contribution < 1.29 is 9.53 Å². The molecule has 0 bridgehead atoms. The van der Waals surface area contributed by atoms with Crippen LogP contribution in [0.4, 0.5) is 0 Å². The predicted octanol–water partition coefficient (Wildman–Crippen LogP) is 3.39. The standard InChI is InChI=1S/C17H15ClN4O2S/c1-24-16(23)13-6-2-4-11(8-13)10-25-17-21-20-15(22(17)19)12-5-3-7-14(18)9-12/h2-9H,10,19H2,1H3. The summed E-state index contributed by atoms with van der Waals surface area (Å²) >= 11 is 7.43. The molecule has 8 heteroatoms. The Kier molecular flexibility index (Phi) is 5.25. The van der Waals surface area contributed by atoms with Crippen molar-refractivity contribution in [3.05, 3.63) is 64.7 Å². The molecule has 3 aromatic rings. The largest absolute Gasteiger partial charge is 0.465 e. The van der Waals surface area contributed by atoms with Crippen molar-refractivity contribution in [2.45, 2.75) is 10.9 Å². The Morgan fingerprint density at radius 3 is 2.80 bits per heavy atom. The Labute approximate surface area is 153 Å². The Balaban J connectivity index is 1.76. The van der Waals surface area contributed by atoms with Crippen LogP contribution >= 0.6 is 23.4 Å². The summed E-state index contributed by atoms with van der Waals surface area (Å²) in [6, 6.07) is 14.5. The third-order valence-corrected chi connectivity index (χ3v) is 4.71. The number of nitrogens with two attached hydrogens (primary N) is 1. The van der Waals surface area contributed by atoms with E-state index in [1.54, 1.807) is 24.3 Å². The molecular weight excluding hydrogens is 360 g/mol. The van der Waals surface area contributed by atoms with E-state index in [0.29, 0.717) is 27.3 Å². The Bertz CT molecular complexity index is 913. The number of ether oxygens (including phenoxy) is 1. The monoisotopic (exact) mass is 374 g/mol.